The molecule has 0 aliphatic heterocycles. The zero-order valence-electron chi connectivity index (χ0n) is 57.7. The molecule has 89 heavy (non-hydrogen) atoms. The predicted molar refractivity (Wildman–Crippen MR) is 358 cm³/mol. The second kappa shape index (κ2) is 62.2. The number of unbranched alkanes of at least 4 members (excludes halogenated alkanes) is 38. The number of carbonyl (C=O) groups excluding carboxylic acids is 4. The fourth-order valence-corrected chi connectivity index (χ4v) is 12.1. The second-order valence-electron chi connectivity index (χ2n) is 26.0. The van der Waals surface area contributed by atoms with Gasteiger partial charge in [0.1, 0.15) is 19.3 Å². The van der Waals surface area contributed by atoms with Crippen LogP contribution in [0.15, 0.2) is 0 Å². The van der Waals surface area contributed by atoms with E-state index in [0.717, 1.165) is 108 Å². The summed E-state index contributed by atoms with van der Waals surface area (Å²) in [5.41, 5.74) is 0. The molecule has 3 unspecified atom stereocenters. The summed E-state index contributed by atoms with van der Waals surface area (Å²) in [5.74, 6) is -0.570. The van der Waals surface area contributed by atoms with Crippen LogP contribution in [0.4, 0.5) is 0 Å². The second-order valence-corrected chi connectivity index (χ2v) is 28.9. The molecule has 0 aromatic carbocycles. The zero-order chi connectivity index (χ0) is 65.7. The molecule has 0 saturated heterocycles. The molecular formula is C70H136O17P2. The van der Waals surface area contributed by atoms with Gasteiger partial charge in [-0.25, -0.2) is 9.13 Å². The van der Waals surface area contributed by atoms with Crippen molar-refractivity contribution in [3.05, 3.63) is 0 Å². The number of phosphoric acid groups is 2. The van der Waals surface area contributed by atoms with Crippen molar-refractivity contribution in [2.45, 2.75) is 374 Å². The fraction of sp³-hybridized carbons (Fsp3) is 0.943. The Hall–Kier alpha value is -1.94. The monoisotopic (exact) mass is 1310 g/mol. The van der Waals surface area contributed by atoms with E-state index >= 15 is 0 Å². The number of hydrogen-bond donors (Lipinski definition) is 3. The van der Waals surface area contributed by atoms with Gasteiger partial charge in [0.05, 0.1) is 26.4 Å². The normalized spacial score (nSPS) is 14.4. The Bertz CT molecular complexity index is 1740. The van der Waals surface area contributed by atoms with Crippen molar-refractivity contribution in [3.63, 3.8) is 0 Å². The highest BCUT2D eigenvalue weighted by Crippen LogP contribution is 2.45. The van der Waals surface area contributed by atoms with Gasteiger partial charge in [0.2, 0.25) is 0 Å². The summed E-state index contributed by atoms with van der Waals surface area (Å²) in [6, 6.07) is 0. The van der Waals surface area contributed by atoms with Crippen molar-refractivity contribution >= 4 is 39.5 Å². The van der Waals surface area contributed by atoms with Crippen LogP contribution in [0.25, 0.3) is 0 Å². The average Bonchev–Trinajstić information content (AvgIpc) is 3.53. The maximum absolute atomic E-state index is 13.0. The molecule has 0 heterocycles. The molecule has 0 spiro atoms. The minimum Gasteiger partial charge on any atom is -0.462 e. The van der Waals surface area contributed by atoms with Crippen molar-refractivity contribution in [1.29, 1.82) is 0 Å². The maximum atomic E-state index is 13.0. The lowest BCUT2D eigenvalue weighted by atomic mass is 9.99. The summed E-state index contributed by atoms with van der Waals surface area (Å²) in [4.78, 5) is 72.5. The van der Waals surface area contributed by atoms with E-state index in [1.165, 1.54) is 167 Å². The Kier molecular flexibility index (Phi) is 60.8. The third-order valence-electron chi connectivity index (χ3n) is 16.6. The summed E-state index contributed by atoms with van der Waals surface area (Å²) < 4.78 is 68.2. The van der Waals surface area contributed by atoms with Gasteiger partial charge in [-0.15, -0.1) is 0 Å². The molecule has 6 atom stereocenters. The Balaban J connectivity index is 5.23. The molecule has 0 radical (unpaired) electrons. The summed E-state index contributed by atoms with van der Waals surface area (Å²) in [7, 11) is -9.90. The number of carbonyl (C=O) groups is 4. The lowest BCUT2D eigenvalue weighted by Gasteiger charge is -2.21. The lowest BCUT2D eigenvalue weighted by molar-refractivity contribution is -0.161. The third kappa shape index (κ3) is 63.2. The van der Waals surface area contributed by atoms with Crippen LogP contribution in [-0.4, -0.2) is 96.7 Å². The van der Waals surface area contributed by atoms with Crippen LogP contribution < -0.4 is 0 Å². The molecule has 0 bridgehead atoms. The van der Waals surface area contributed by atoms with Crippen molar-refractivity contribution in [3.8, 4) is 0 Å². The van der Waals surface area contributed by atoms with E-state index in [0.29, 0.717) is 25.7 Å². The van der Waals surface area contributed by atoms with Crippen LogP contribution >= 0.6 is 15.6 Å². The fourth-order valence-electron chi connectivity index (χ4n) is 10.6. The molecule has 0 saturated carbocycles. The van der Waals surface area contributed by atoms with Crippen LogP contribution in [0.5, 0.6) is 0 Å². The number of ether oxygens (including phenoxy) is 4. The Morgan fingerprint density at radius 3 is 0.854 bits per heavy atom. The molecule has 0 aliphatic rings. The van der Waals surface area contributed by atoms with Gasteiger partial charge in [0.25, 0.3) is 0 Å². The minimum absolute atomic E-state index is 0.105. The SMILES string of the molecule is CCCCCCCCCCCCCCCC(=O)OC[C@H](COP(=O)(O)OC[C@@H](O)COP(=O)(O)OC[C@@H](COC(=O)CCCCCCCCCC)OC(=O)CCCCCCCCCCC(C)CC)OC(=O)CCCCCCCCCCCCCCCC(C)C. The molecular weight excluding hydrogens is 1170 g/mol. The van der Waals surface area contributed by atoms with Crippen LogP contribution in [0, 0.1) is 11.8 Å². The Labute approximate surface area is 543 Å². The van der Waals surface area contributed by atoms with E-state index in [1.54, 1.807) is 0 Å². The van der Waals surface area contributed by atoms with Gasteiger partial charge in [-0.2, -0.15) is 0 Å². The standard InChI is InChI=1S/C70H136O17P2/c1-7-10-12-14-16-18-19-21-25-28-35-41-47-53-68(73)81-59-66(86-69(74)54-48-42-36-29-26-23-20-22-24-27-32-38-44-50-62(4)5)61-85-89(78,79)83-57-64(71)56-82-88(76,77)84-60-65(58-80-67(72)52-46-40-34-17-15-13-11-8-2)87-70(75)55-49-43-37-31-30-33-39-45-51-63(6)9-3/h62-66,71H,7-61H2,1-6H3,(H,76,77)(H,78,79)/t63?,64-,65+,66+/m0/s1. The highest BCUT2D eigenvalue weighted by molar-refractivity contribution is 7.47. The number of rotatable bonds is 69. The summed E-state index contributed by atoms with van der Waals surface area (Å²) in [6.45, 7) is 9.54. The summed E-state index contributed by atoms with van der Waals surface area (Å²) in [5, 5.41) is 10.6. The molecule has 3 N–H and O–H groups in total. The zero-order valence-corrected chi connectivity index (χ0v) is 59.5. The molecule has 0 aromatic heterocycles. The highest BCUT2D eigenvalue weighted by atomic mass is 31.2. The first-order valence-corrected chi connectivity index (χ1v) is 39.5. The van der Waals surface area contributed by atoms with Gasteiger partial charge in [0, 0.05) is 25.7 Å². The molecule has 0 rings (SSSR count). The lowest BCUT2D eigenvalue weighted by Crippen LogP contribution is -2.30. The van der Waals surface area contributed by atoms with Crippen LogP contribution in [0.1, 0.15) is 356 Å². The van der Waals surface area contributed by atoms with E-state index in [-0.39, 0.29) is 25.7 Å². The molecule has 0 fully saturated rings. The number of esters is 4. The number of aliphatic hydroxyl groups excluding tert-OH is 1. The first kappa shape index (κ1) is 87.1. The van der Waals surface area contributed by atoms with E-state index < -0.39 is 97.5 Å². The highest BCUT2D eigenvalue weighted by Gasteiger charge is 2.30. The van der Waals surface area contributed by atoms with E-state index in [4.69, 9.17) is 37.0 Å². The average molecular weight is 1310 g/mol. The molecule has 0 aromatic rings. The summed E-state index contributed by atoms with van der Waals surface area (Å²) >= 11 is 0. The van der Waals surface area contributed by atoms with E-state index in [1.807, 2.05) is 0 Å². The van der Waals surface area contributed by atoms with Gasteiger partial charge >= 0.3 is 39.5 Å². The topological polar surface area (TPSA) is 237 Å². The Morgan fingerprint density at radius 1 is 0.326 bits per heavy atom. The largest absolute Gasteiger partial charge is 0.472 e. The van der Waals surface area contributed by atoms with Gasteiger partial charge in [-0.05, 0) is 37.5 Å². The van der Waals surface area contributed by atoms with Crippen molar-refractivity contribution in [1.82, 2.24) is 0 Å². The minimum atomic E-state index is -4.95. The molecule has 0 aliphatic carbocycles. The van der Waals surface area contributed by atoms with Gasteiger partial charge < -0.3 is 33.8 Å². The summed E-state index contributed by atoms with van der Waals surface area (Å²) in [6.07, 6.45) is 47.1. The van der Waals surface area contributed by atoms with Crippen molar-refractivity contribution in [2.75, 3.05) is 39.6 Å². The maximum Gasteiger partial charge on any atom is 0.472 e. The first-order chi connectivity index (χ1) is 42.9. The van der Waals surface area contributed by atoms with E-state index in [2.05, 4.69) is 41.5 Å². The third-order valence-corrected chi connectivity index (χ3v) is 18.5. The quantitative estimate of drug-likeness (QED) is 0.0222. The Morgan fingerprint density at radius 2 is 0.573 bits per heavy atom. The van der Waals surface area contributed by atoms with Crippen LogP contribution in [0.2, 0.25) is 0 Å². The van der Waals surface area contributed by atoms with Crippen LogP contribution in [0.3, 0.4) is 0 Å². The number of phosphoric ester groups is 2. The van der Waals surface area contributed by atoms with E-state index in [9.17, 15) is 43.2 Å². The smallest absolute Gasteiger partial charge is 0.462 e. The van der Waals surface area contributed by atoms with Gasteiger partial charge in [-0.1, -0.05) is 305 Å². The van der Waals surface area contributed by atoms with Crippen LogP contribution in [-0.2, 0) is 65.4 Å². The van der Waals surface area contributed by atoms with Crippen molar-refractivity contribution < 1.29 is 80.2 Å². The molecule has 17 nitrogen and oxygen atoms in total. The molecule has 19 heteroatoms. The number of aliphatic hydroxyl groups is 1. The first-order valence-electron chi connectivity index (χ1n) is 36.5. The predicted octanol–water partition coefficient (Wildman–Crippen LogP) is 20.0. The van der Waals surface area contributed by atoms with Gasteiger partial charge in [-0.3, -0.25) is 37.3 Å². The molecule has 528 valence electrons. The van der Waals surface area contributed by atoms with Crippen molar-refractivity contribution in [2.24, 2.45) is 11.8 Å². The molecule has 0 amide bonds. The number of hydrogen-bond acceptors (Lipinski definition) is 15. The van der Waals surface area contributed by atoms with Gasteiger partial charge in [0.15, 0.2) is 12.2 Å².